The minimum atomic E-state index is -0.569. The van der Waals surface area contributed by atoms with Gasteiger partial charge in [0.2, 0.25) is 0 Å². The fourth-order valence-electron chi connectivity index (χ4n) is 2.05. The predicted molar refractivity (Wildman–Crippen MR) is 69.4 cm³/mol. The Labute approximate surface area is 111 Å². The molecule has 0 spiro atoms. The summed E-state index contributed by atoms with van der Waals surface area (Å²) in [6, 6.07) is 4.39. The van der Waals surface area contributed by atoms with Gasteiger partial charge in [-0.25, -0.2) is 4.39 Å². The van der Waals surface area contributed by atoms with E-state index in [2.05, 4.69) is 10.6 Å². The van der Waals surface area contributed by atoms with Crippen molar-refractivity contribution in [2.75, 3.05) is 13.1 Å². The van der Waals surface area contributed by atoms with Crippen LogP contribution in [0, 0.1) is 5.82 Å². The molecule has 0 saturated carbocycles. The normalized spacial score (nSPS) is 19.6. The van der Waals surface area contributed by atoms with Crippen LogP contribution in [0.5, 0.6) is 0 Å². The van der Waals surface area contributed by atoms with Crippen molar-refractivity contribution in [3.63, 3.8) is 0 Å². The number of amides is 1. The van der Waals surface area contributed by atoms with Crippen LogP contribution in [0.4, 0.5) is 4.39 Å². The van der Waals surface area contributed by atoms with E-state index >= 15 is 0 Å². The molecule has 1 heterocycles. The van der Waals surface area contributed by atoms with E-state index in [1.54, 1.807) is 0 Å². The Bertz CT molecular complexity index is 433. The third-order valence-corrected chi connectivity index (χ3v) is 3.41. The van der Waals surface area contributed by atoms with Gasteiger partial charge in [0.15, 0.2) is 0 Å². The van der Waals surface area contributed by atoms with Gasteiger partial charge >= 0.3 is 0 Å². The van der Waals surface area contributed by atoms with Gasteiger partial charge in [-0.3, -0.25) is 4.79 Å². The molecule has 98 valence electrons. The smallest absolute Gasteiger partial charge is 0.251 e. The average molecular weight is 271 g/mol. The van der Waals surface area contributed by atoms with Gasteiger partial charge in [-0.2, -0.15) is 0 Å². The van der Waals surface area contributed by atoms with Crippen molar-refractivity contribution in [3.8, 4) is 0 Å². The Balaban J connectivity index is 1.88. The van der Waals surface area contributed by atoms with Crippen molar-refractivity contribution in [3.05, 3.63) is 34.6 Å². The van der Waals surface area contributed by atoms with Crippen LogP contribution in [0.1, 0.15) is 29.6 Å². The maximum absolute atomic E-state index is 13.2. The van der Waals surface area contributed by atoms with E-state index in [4.69, 9.17) is 11.6 Å². The van der Waals surface area contributed by atoms with Gasteiger partial charge in [-0.1, -0.05) is 18.0 Å². The zero-order chi connectivity index (χ0) is 13.0. The third-order valence-electron chi connectivity index (χ3n) is 3.10. The van der Waals surface area contributed by atoms with E-state index in [9.17, 15) is 9.18 Å². The SMILES string of the molecule is O=C(NCC1CCCCN1)c1ccc(Cl)c(F)c1. The highest BCUT2D eigenvalue weighted by atomic mass is 35.5. The van der Waals surface area contributed by atoms with Gasteiger partial charge in [0, 0.05) is 18.2 Å². The first-order valence-corrected chi connectivity index (χ1v) is 6.51. The Morgan fingerprint density at radius 1 is 1.50 bits per heavy atom. The molecule has 0 aromatic heterocycles. The molecule has 1 atom stereocenters. The van der Waals surface area contributed by atoms with E-state index in [0.717, 1.165) is 19.0 Å². The molecule has 0 radical (unpaired) electrons. The molecule has 2 rings (SSSR count). The minimum Gasteiger partial charge on any atom is -0.350 e. The highest BCUT2D eigenvalue weighted by Gasteiger charge is 2.14. The van der Waals surface area contributed by atoms with Gasteiger partial charge in [-0.15, -0.1) is 0 Å². The Morgan fingerprint density at radius 2 is 2.33 bits per heavy atom. The van der Waals surface area contributed by atoms with Crippen LogP contribution in [0.25, 0.3) is 0 Å². The number of benzene rings is 1. The molecule has 0 aliphatic carbocycles. The van der Waals surface area contributed by atoms with Crippen molar-refractivity contribution in [1.29, 1.82) is 0 Å². The first-order valence-electron chi connectivity index (χ1n) is 6.13. The lowest BCUT2D eigenvalue weighted by Gasteiger charge is -2.23. The summed E-state index contributed by atoms with van der Waals surface area (Å²) < 4.78 is 13.2. The fourth-order valence-corrected chi connectivity index (χ4v) is 2.17. The van der Waals surface area contributed by atoms with Crippen molar-refractivity contribution >= 4 is 17.5 Å². The molecule has 1 saturated heterocycles. The molecule has 3 nitrogen and oxygen atoms in total. The van der Waals surface area contributed by atoms with Crippen molar-refractivity contribution in [2.45, 2.75) is 25.3 Å². The molecule has 0 bridgehead atoms. The number of nitrogens with one attached hydrogen (secondary N) is 2. The van der Waals surface area contributed by atoms with Gasteiger partial charge < -0.3 is 10.6 Å². The van der Waals surface area contributed by atoms with Gasteiger partial charge in [-0.05, 0) is 37.6 Å². The number of carbonyl (C=O) groups excluding carboxylic acids is 1. The van der Waals surface area contributed by atoms with Crippen LogP contribution >= 0.6 is 11.6 Å². The first-order chi connectivity index (χ1) is 8.66. The first kappa shape index (κ1) is 13.3. The van der Waals surface area contributed by atoms with E-state index < -0.39 is 5.82 Å². The van der Waals surface area contributed by atoms with Crippen molar-refractivity contribution < 1.29 is 9.18 Å². The maximum atomic E-state index is 13.2. The largest absolute Gasteiger partial charge is 0.350 e. The molecule has 1 aromatic rings. The topological polar surface area (TPSA) is 41.1 Å². The summed E-state index contributed by atoms with van der Waals surface area (Å²) in [5.74, 6) is -0.835. The minimum absolute atomic E-state index is 0.0282. The van der Waals surface area contributed by atoms with Crippen LogP contribution in [0.2, 0.25) is 5.02 Å². The van der Waals surface area contributed by atoms with Crippen LogP contribution in [0.15, 0.2) is 18.2 Å². The molecule has 2 N–H and O–H groups in total. The highest BCUT2D eigenvalue weighted by molar-refractivity contribution is 6.30. The zero-order valence-electron chi connectivity index (χ0n) is 10.0. The number of hydrogen-bond acceptors (Lipinski definition) is 2. The van der Waals surface area contributed by atoms with E-state index in [0.29, 0.717) is 18.2 Å². The fraction of sp³-hybridized carbons (Fsp3) is 0.462. The van der Waals surface area contributed by atoms with Crippen LogP contribution in [0.3, 0.4) is 0 Å². The van der Waals surface area contributed by atoms with Gasteiger partial charge in [0.1, 0.15) is 5.82 Å². The molecule has 1 aromatic carbocycles. The maximum Gasteiger partial charge on any atom is 0.251 e. The summed E-state index contributed by atoms with van der Waals surface area (Å²) in [4.78, 5) is 11.8. The summed E-state index contributed by atoms with van der Waals surface area (Å²) in [5, 5.41) is 6.17. The lowest BCUT2D eigenvalue weighted by Crippen LogP contribution is -2.43. The summed E-state index contributed by atoms with van der Waals surface area (Å²) in [7, 11) is 0. The Hall–Kier alpha value is -1.13. The summed E-state index contributed by atoms with van der Waals surface area (Å²) in [5.41, 5.74) is 0.299. The number of rotatable bonds is 3. The van der Waals surface area contributed by atoms with Crippen molar-refractivity contribution in [1.82, 2.24) is 10.6 Å². The van der Waals surface area contributed by atoms with Crippen molar-refractivity contribution in [2.24, 2.45) is 0 Å². The second-order valence-electron chi connectivity index (χ2n) is 4.49. The zero-order valence-corrected chi connectivity index (χ0v) is 10.8. The summed E-state index contributed by atoms with van der Waals surface area (Å²) in [6.07, 6.45) is 3.44. The summed E-state index contributed by atoms with van der Waals surface area (Å²) in [6.45, 7) is 1.57. The van der Waals surface area contributed by atoms with Crippen LogP contribution in [-0.4, -0.2) is 25.0 Å². The highest BCUT2D eigenvalue weighted by Crippen LogP contribution is 2.15. The van der Waals surface area contributed by atoms with Crippen LogP contribution < -0.4 is 10.6 Å². The quantitative estimate of drug-likeness (QED) is 0.885. The molecular weight excluding hydrogens is 255 g/mol. The lowest BCUT2D eigenvalue weighted by atomic mass is 10.1. The number of carbonyl (C=O) groups is 1. The van der Waals surface area contributed by atoms with E-state index in [1.165, 1.54) is 25.0 Å². The molecule has 5 heteroatoms. The second kappa shape index (κ2) is 6.16. The second-order valence-corrected chi connectivity index (χ2v) is 4.89. The lowest BCUT2D eigenvalue weighted by molar-refractivity contribution is 0.0947. The monoisotopic (exact) mass is 270 g/mol. The average Bonchev–Trinajstić information content (AvgIpc) is 2.40. The molecular formula is C13H16ClFN2O. The molecule has 18 heavy (non-hydrogen) atoms. The summed E-state index contributed by atoms with van der Waals surface area (Å²) >= 11 is 5.57. The van der Waals surface area contributed by atoms with Gasteiger partial charge in [0.25, 0.3) is 5.91 Å². The third kappa shape index (κ3) is 3.43. The molecule has 1 fully saturated rings. The molecule has 1 amide bonds. The molecule has 1 aliphatic rings. The number of hydrogen-bond donors (Lipinski definition) is 2. The molecule has 1 aliphatic heterocycles. The Morgan fingerprint density at radius 3 is 3.00 bits per heavy atom. The number of piperidine rings is 1. The standard InChI is InChI=1S/C13H16ClFN2O/c14-11-5-4-9(7-12(11)15)13(18)17-8-10-3-1-2-6-16-10/h4-5,7,10,16H,1-3,6,8H2,(H,17,18). The van der Waals surface area contributed by atoms with Gasteiger partial charge in [0.05, 0.1) is 5.02 Å². The molecule has 1 unspecified atom stereocenters. The van der Waals surface area contributed by atoms with E-state index in [-0.39, 0.29) is 10.9 Å². The Kier molecular flexibility index (Phi) is 4.55. The predicted octanol–water partition coefficient (Wildman–Crippen LogP) is 2.35. The number of halogens is 2. The van der Waals surface area contributed by atoms with Crippen LogP contribution in [-0.2, 0) is 0 Å². The van der Waals surface area contributed by atoms with E-state index in [1.807, 2.05) is 0 Å².